The molecule has 11 heteroatoms. The summed E-state index contributed by atoms with van der Waals surface area (Å²) >= 11 is 0. The zero-order chi connectivity index (χ0) is 27.3. The number of hydrogen-bond donors (Lipinski definition) is 2. The van der Waals surface area contributed by atoms with Crippen molar-refractivity contribution in [2.24, 2.45) is 11.8 Å². The average Bonchev–Trinajstić information content (AvgIpc) is 3.31. The van der Waals surface area contributed by atoms with Crippen LogP contribution in [0.1, 0.15) is 66.8 Å². The third-order valence-corrected chi connectivity index (χ3v) is 7.77. The second kappa shape index (κ2) is 9.76. The number of aromatic amines is 1. The Morgan fingerprint density at radius 3 is 2.46 bits per heavy atom. The lowest BCUT2D eigenvalue weighted by Crippen LogP contribution is -2.51. The van der Waals surface area contributed by atoms with Crippen molar-refractivity contribution in [1.82, 2.24) is 20.2 Å². The number of ether oxygens (including phenoxy) is 1. The number of methoxy groups -OCH3 is 1. The first-order chi connectivity index (χ1) is 17.2. The van der Waals surface area contributed by atoms with Gasteiger partial charge in [-0.25, -0.2) is 9.78 Å². The van der Waals surface area contributed by atoms with Crippen molar-refractivity contribution in [3.63, 3.8) is 0 Å². The fourth-order valence-electron chi connectivity index (χ4n) is 4.88. The Labute approximate surface area is 217 Å². The molecule has 200 valence electrons. The Morgan fingerprint density at radius 2 is 1.86 bits per heavy atom. The van der Waals surface area contributed by atoms with E-state index in [1.54, 1.807) is 17.0 Å². The number of alkyl carbamates (subject to hydrolysis) is 1. The summed E-state index contributed by atoms with van der Waals surface area (Å²) in [4.78, 5) is 48.0. The Hall–Kier alpha value is -2.92. The van der Waals surface area contributed by atoms with Crippen LogP contribution in [0.15, 0.2) is 23.0 Å². The van der Waals surface area contributed by atoms with Gasteiger partial charge in [-0.1, -0.05) is 26.8 Å². The number of likely N-dealkylation sites (tertiary alicyclic amines) is 1. The van der Waals surface area contributed by atoms with Gasteiger partial charge in [-0.05, 0) is 63.5 Å². The molecule has 0 radical (unpaired) electrons. The molecule has 0 bridgehead atoms. The molecule has 2 aliphatic heterocycles. The second-order valence-electron chi connectivity index (χ2n) is 11.5. The first-order valence-corrected chi connectivity index (χ1v) is 12.8. The van der Waals surface area contributed by atoms with Crippen molar-refractivity contribution in [3.05, 3.63) is 34.4 Å². The van der Waals surface area contributed by atoms with Crippen molar-refractivity contribution in [2.75, 3.05) is 13.7 Å². The van der Waals surface area contributed by atoms with Crippen molar-refractivity contribution in [1.29, 1.82) is 0 Å². The van der Waals surface area contributed by atoms with Gasteiger partial charge in [0.2, 0.25) is 5.91 Å². The molecule has 2 amide bonds. The lowest BCUT2D eigenvalue weighted by Gasteiger charge is -2.32. The zero-order valence-corrected chi connectivity index (χ0v) is 22.9. The monoisotopic (exact) mass is 512 g/mol. The van der Waals surface area contributed by atoms with Crippen LogP contribution in [-0.2, 0) is 18.8 Å². The van der Waals surface area contributed by atoms with Gasteiger partial charge in [0.1, 0.15) is 11.9 Å². The molecule has 2 fully saturated rings. The Kier molecular flexibility index (Phi) is 7.15. The maximum absolute atomic E-state index is 13.5. The van der Waals surface area contributed by atoms with Gasteiger partial charge in [-0.3, -0.25) is 9.59 Å². The van der Waals surface area contributed by atoms with Crippen LogP contribution in [-0.4, -0.2) is 64.9 Å². The molecular formula is C26H37BN4O6. The van der Waals surface area contributed by atoms with E-state index in [0.29, 0.717) is 29.7 Å². The second-order valence-corrected chi connectivity index (χ2v) is 11.5. The predicted octanol–water partition coefficient (Wildman–Crippen LogP) is 2.51. The molecule has 0 saturated carbocycles. The number of carbonyl (C=O) groups is 2. The largest absolute Gasteiger partial charge is 0.494 e. The average molecular weight is 512 g/mol. The summed E-state index contributed by atoms with van der Waals surface area (Å²) in [5, 5.41) is 3.07. The van der Waals surface area contributed by atoms with E-state index in [2.05, 4.69) is 17.2 Å². The van der Waals surface area contributed by atoms with Crippen LogP contribution in [0.25, 0.3) is 10.9 Å². The van der Waals surface area contributed by atoms with Crippen molar-refractivity contribution < 1.29 is 23.6 Å². The van der Waals surface area contributed by atoms with E-state index in [1.165, 1.54) is 7.11 Å². The number of amides is 2. The van der Waals surface area contributed by atoms with Gasteiger partial charge >= 0.3 is 13.2 Å². The minimum Gasteiger partial charge on any atom is -0.453 e. The van der Waals surface area contributed by atoms with Gasteiger partial charge in [-0.15, -0.1) is 0 Å². The highest BCUT2D eigenvalue weighted by Crippen LogP contribution is 2.37. The fourth-order valence-corrected chi connectivity index (χ4v) is 4.88. The standard InChI is InChI=1S/C26H37BN4O6/c1-14(2)20(29-24(34)35-8)23(33)31-13-15(3)11-19(31)21-28-18-10-9-16(12-17(18)22(32)30-21)27-36-25(4,5)26(6,7)37-27/h9-10,12,14-15,19-20H,11,13H2,1-8H3,(H,29,34)(H,28,30,32)/t15-,19-,20-/m0/s1. The number of benzene rings is 1. The lowest BCUT2D eigenvalue weighted by molar-refractivity contribution is -0.135. The molecule has 2 aromatic rings. The van der Waals surface area contributed by atoms with Gasteiger partial charge in [0.25, 0.3) is 5.56 Å². The number of H-pyrrole nitrogens is 1. The zero-order valence-electron chi connectivity index (χ0n) is 22.9. The van der Waals surface area contributed by atoms with Gasteiger partial charge in [-0.2, -0.15) is 0 Å². The molecule has 3 atom stereocenters. The third kappa shape index (κ3) is 5.11. The summed E-state index contributed by atoms with van der Waals surface area (Å²) in [7, 11) is 0.673. The predicted molar refractivity (Wildman–Crippen MR) is 140 cm³/mol. The first-order valence-electron chi connectivity index (χ1n) is 12.8. The molecule has 37 heavy (non-hydrogen) atoms. The van der Waals surface area contributed by atoms with E-state index in [9.17, 15) is 14.4 Å². The summed E-state index contributed by atoms with van der Waals surface area (Å²) in [6.07, 6.45) is -0.0132. The van der Waals surface area contributed by atoms with Gasteiger partial charge in [0.15, 0.2) is 0 Å². The fraction of sp³-hybridized carbons (Fsp3) is 0.615. The van der Waals surface area contributed by atoms with E-state index in [4.69, 9.17) is 19.0 Å². The normalized spacial score (nSPS) is 23.5. The Morgan fingerprint density at radius 1 is 1.22 bits per heavy atom. The highest BCUT2D eigenvalue weighted by atomic mass is 16.7. The van der Waals surface area contributed by atoms with E-state index in [1.807, 2.05) is 47.6 Å². The third-order valence-electron chi connectivity index (χ3n) is 7.77. The number of nitrogens with one attached hydrogen (secondary N) is 2. The van der Waals surface area contributed by atoms with Crippen LogP contribution in [0.5, 0.6) is 0 Å². The molecule has 1 aromatic carbocycles. The molecule has 3 heterocycles. The van der Waals surface area contributed by atoms with E-state index in [0.717, 1.165) is 5.46 Å². The quantitative estimate of drug-likeness (QED) is 0.591. The number of hydrogen-bond acceptors (Lipinski definition) is 7. The van der Waals surface area contributed by atoms with Crippen LogP contribution < -0.4 is 16.3 Å². The molecular weight excluding hydrogens is 475 g/mol. The SMILES string of the molecule is COC(=O)N[C@H](C(=O)N1C[C@@H](C)C[C@H]1c1nc2ccc(B3OC(C)(C)C(C)(C)O3)cc2c(=O)[nH]1)C(C)C. The van der Waals surface area contributed by atoms with Crippen LogP contribution in [0.4, 0.5) is 4.79 Å². The number of aromatic nitrogens is 2. The number of rotatable bonds is 5. The lowest BCUT2D eigenvalue weighted by atomic mass is 9.78. The van der Waals surface area contributed by atoms with Crippen molar-refractivity contribution in [3.8, 4) is 0 Å². The van der Waals surface area contributed by atoms with E-state index < -0.39 is 36.5 Å². The molecule has 2 aliphatic rings. The summed E-state index contributed by atoms with van der Waals surface area (Å²) in [5.41, 5.74) is -0.0108. The summed E-state index contributed by atoms with van der Waals surface area (Å²) in [6, 6.07) is 4.23. The Bertz CT molecular complexity index is 1240. The minimum atomic E-state index is -0.755. The molecule has 2 saturated heterocycles. The van der Waals surface area contributed by atoms with Crippen molar-refractivity contribution in [2.45, 2.75) is 78.2 Å². The smallest absolute Gasteiger partial charge is 0.453 e. The summed E-state index contributed by atoms with van der Waals surface area (Å²) < 4.78 is 17.0. The molecule has 4 rings (SSSR count). The number of nitrogens with zero attached hydrogens (tertiary/aromatic N) is 2. The highest BCUT2D eigenvalue weighted by molar-refractivity contribution is 6.62. The van der Waals surface area contributed by atoms with Crippen LogP contribution in [0.2, 0.25) is 0 Å². The van der Waals surface area contributed by atoms with Crippen molar-refractivity contribution >= 4 is 35.5 Å². The van der Waals surface area contributed by atoms with Crippen LogP contribution in [0.3, 0.4) is 0 Å². The van der Waals surface area contributed by atoms with E-state index >= 15 is 0 Å². The molecule has 0 aliphatic carbocycles. The van der Waals surface area contributed by atoms with Gasteiger partial charge < -0.3 is 29.2 Å². The molecule has 0 unspecified atom stereocenters. The van der Waals surface area contributed by atoms with E-state index in [-0.39, 0.29) is 23.3 Å². The summed E-state index contributed by atoms with van der Waals surface area (Å²) in [6.45, 7) is 14.2. The van der Waals surface area contributed by atoms with Crippen LogP contribution >= 0.6 is 0 Å². The topological polar surface area (TPSA) is 123 Å². The maximum Gasteiger partial charge on any atom is 0.494 e. The molecule has 0 spiro atoms. The first kappa shape index (κ1) is 27.1. The minimum absolute atomic E-state index is 0.153. The van der Waals surface area contributed by atoms with Gasteiger partial charge in [0.05, 0.1) is 35.3 Å². The summed E-state index contributed by atoms with van der Waals surface area (Å²) in [5.74, 6) is 0.250. The number of fused-ring (bicyclic) bond motifs is 1. The van der Waals surface area contributed by atoms with Crippen LogP contribution in [0, 0.1) is 11.8 Å². The maximum atomic E-state index is 13.5. The molecule has 10 nitrogen and oxygen atoms in total. The molecule has 1 aromatic heterocycles. The number of carbonyl (C=O) groups excluding carboxylic acids is 2. The highest BCUT2D eigenvalue weighted by Gasteiger charge is 2.51. The van der Waals surface area contributed by atoms with Gasteiger partial charge in [0, 0.05) is 6.54 Å². The molecule has 2 N–H and O–H groups in total. The Balaban J connectivity index is 1.65.